The lowest BCUT2D eigenvalue weighted by Gasteiger charge is -2.15. The number of aryl methyl sites for hydroxylation is 1. The van der Waals surface area contributed by atoms with Gasteiger partial charge in [-0.05, 0) is 48.6 Å². The largest absolute Gasteiger partial charge is 0.463 e. The van der Waals surface area contributed by atoms with Gasteiger partial charge in [-0.3, -0.25) is 9.78 Å². The predicted molar refractivity (Wildman–Crippen MR) is 117 cm³/mol. The summed E-state index contributed by atoms with van der Waals surface area (Å²) in [5, 5.41) is 9.28. The lowest BCUT2D eigenvalue weighted by atomic mass is 9.89. The molecular weight excluding hydrogens is 390 g/mol. The molecule has 2 aromatic heterocycles. The highest BCUT2D eigenvalue weighted by Crippen LogP contribution is 2.48. The van der Waals surface area contributed by atoms with E-state index in [2.05, 4.69) is 36.2 Å². The summed E-state index contributed by atoms with van der Waals surface area (Å²) < 4.78 is 11.2. The number of furan rings is 1. The summed E-state index contributed by atoms with van der Waals surface area (Å²) >= 11 is 0. The highest BCUT2D eigenvalue weighted by Gasteiger charge is 2.49. The van der Waals surface area contributed by atoms with E-state index < -0.39 is 0 Å². The molecule has 5 heteroatoms. The van der Waals surface area contributed by atoms with Crippen LogP contribution in [-0.4, -0.2) is 22.2 Å². The Bertz CT molecular complexity index is 1110. The van der Waals surface area contributed by atoms with Crippen molar-refractivity contribution in [2.45, 2.75) is 58.2 Å². The number of hydrogen-bond acceptors (Lipinski definition) is 5. The number of pyridine rings is 1. The number of cyclic esters (lactones) is 1. The van der Waals surface area contributed by atoms with Gasteiger partial charge >= 0.3 is 5.97 Å². The van der Waals surface area contributed by atoms with Gasteiger partial charge in [-0.25, -0.2) is 0 Å². The van der Waals surface area contributed by atoms with Gasteiger partial charge in [-0.1, -0.05) is 44.0 Å². The molecule has 1 aliphatic carbocycles. The van der Waals surface area contributed by atoms with E-state index in [1.165, 1.54) is 5.56 Å². The Hall–Kier alpha value is -2.92. The molecule has 31 heavy (non-hydrogen) atoms. The summed E-state index contributed by atoms with van der Waals surface area (Å²) in [6, 6.07) is 12.3. The molecule has 3 atom stereocenters. The van der Waals surface area contributed by atoms with Crippen LogP contribution in [0.1, 0.15) is 54.8 Å². The van der Waals surface area contributed by atoms with Gasteiger partial charge < -0.3 is 14.3 Å². The molecule has 3 unspecified atom stereocenters. The average molecular weight is 418 g/mol. The molecule has 2 aliphatic rings. The molecule has 0 bridgehead atoms. The molecule has 1 aliphatic heterocycles. The summed E-state index contributed by atoms with van der Waals surface area (Å²) in [6.45, 7) is 3.92. The normalized spacial score (nSPS) is 21.8. The molecule has 0 spiro atoms. The highest BCUT2D eigenvalue weighted by molar-refractivity contribution is 5.83. The Morgan fingerprint density at radius 3 is 2.71 bits per heavy atom. The number of carbonyl (C=O) groups is 1. The van der Waals surface area contributed by atoms with E-state index in [1.54, 1.807) is 0 Å². The van der Waals surface area contributed by atoms with Crippen LogP contribution in [0, 0.1) is 12.8 Å². The van der Waals surface area contributed by atoms with Crippen molar-refractivity contribution in [3.05, 3.63) is 65.2 Å². The van der Waals surface area contributed by atoms with Crippen LogP contribution in [0.3, 0.4) is 0 Å². The van der Waals surface area contributed by atoms with Crippen LogP contribution >= 0.6 is 0 Å². The molecule has 160 valence electrons. The number of esters is 1. The van der Waals surface area contributed by atoms with Crippen LogP contribution in [0.5, 0.6) is 0 Å². The number of ether oxygens (including phenoxy) is 1. The molecule has 5 rings (SSSR count). The first-order chi connectivity index (χ1) is 15.1. The number of unbranched alkanes of at least 4 members (excludes halogenated alkanes) is 1. The van der Waals surface area contributed by atoms with E-state index in [1.807, 2.05) is 25.3 Å². The molecule has 1 saturated heterocycles. The Morgan fingerprint density at radius 2 is 2.00 bits per heavy atom. The maximum atomic E-state index is 12.5. The third-order valence-electron chi connectivity index (χ3n) is 6.70. The van der Waals surface area contributed by atoms with E-state index in [9.17, 15) is 9.90 Å². The van der Waals surface area contributed by atoms with Crippen molar-refractivity contribution in [2.75, 3.05) is 0 Å². The summed E-state index contributed by atoms with van der Waals surface area (Å²) in [4.78, 5) is 17.1. The smallest absolute Gasteiger partial charge is 0.314 e. The van der Waals surface area contributed by atoms with Gasteiger partial charge in [0.25, 0.3) is 0 Å². The van der Waals surface area contributed by atoms with Crippen molar-refractivity contribution >= 4 is 5.97 Å². The molecule has 1 fully saturated rings. The summed E-state index contributed by atoms with van der Waals surface area (Å²) in [5.74, 6) is 1.41. The number of aliphatic hydroxyl groups excluding tert-OH is 1. The van der Waals surface area contributed by atoms with Gasteiger partial charge in [0.2, 0.25) is 0 Å². The molecule has 0 radical (unpaired) electrons. The Morgan fingerprint density at radius 1 is 1.16 bits per heavy atom. The second-order valence-electron chi connectivity index (χ2n) is 8.65. The third kappa shape index (κ3) is 3.47. The van der Waals surface area contributed by atoms with Crippen LogP contribution in [0.4, 0.5) is 0 Å². The predicted octanol–water partition coefficient (Wildman–Crippen LogP) is 5.18. The summed E-state index contributed by atoms with van der Waals surface area (Å²) in [5.41, 5.74) is 6.25. The zero-order valence-corrected chi connectivity index (χ0v) is 17.9. The van der Waals surface area contributed by atoms with Crippen molar-refractivity contribution in [1.82, 2.24) is 4.98 Å². The van der Waals surface area contributed by atoms with Crippen molar-refractivity contribution in [3.8, 4) is 22.4 Å². The standard InChI is InChI=1S/C26H27NO4/c1-3-4-5-24-22-11-18-10-16(6-8-20(18)25(22)26(29)31-24)17-7-9-23(27-13-17)21-12-19(14-28)30-15(21)2/h6-10,12-13,22,24-25,28H,3-5,11,14H2,1-2H3. The average Bonchev–Trinajstić information content (AvgIpc) is 3.44. The van der Waals surface area contributed by atoms with Gasteiger partial charge in [0.05, 0.1) is 11.6 Å². The lowest BCUT2D eigenvalue weighted by molar-refractivity contribution is -0.142. The highest BCUT2D eigenvalue weighted by atomic mass is 16.6. The first kappa shape index (κ1) is 20.0. The van der Waals surface area contributed by atoms with E-state index in [0.717, 1.165) is 59.4 Å². The minimum Gasteiger partial charge on any atom is -0.463 e. The van der Waals surface area contributed by atoms with Crippen molar-refractivity contribution < 1.29 is 19.1 Å². The number of aliphatic hydroxyl groups is 1. The fourth-order valence-electron chi connectivity index (χ4n) is 5.10. The van der Waals surface area contributed by atoms with Crippen LogP contribution in [0.2, 0.25) is 0 Å². The van der Waals surface area contributed by atoms with E-state index >= 15 is 0 Å². The molecule has 1 N–H and O–H groups in total. The molecular formula is C26H27NO4. The first-order valence-corrected chi connectivity index (χ1v) is 11.1. The Kier molecular flexibility index (Phi) is 5.14. The third-order valence-corrected chi connectivity index (χ3v) is 6.70. The minimum absolute atomic E-state index is 0.0521. The van der Waals surface area contributed by atoms with Crippen LogP contribution in [0.15, 0.2) is 47.0 Å². The second kappa shape index (κ2) is 7.97. The fourth-order valence-corrected chi connectivity index (χ4v) is 5.10. The maximum absolute atomic E-state index is 12.5. The minimum atomic E-state index is -0.122. The van der Waals surface area contributed by atoms with Crippen LogP contribution in [-0.2, 0) is 22.6 Å². The number of nitrogens with zero attached hydrogens (tertiary/aromatic N) is 1. The van der Waals surface area contributed by atoms with Crippen LogP contribution < -0.4 is 0 Å². The van der Waals surface area contributed by atoms with E-state index in [0.29, 0.717) is 5.76 Å². The molecule has 3 heterocycles. The number of hydrogen-bond donors (Lipinski definition) is 1. The van der Waals surface area contributed by atoms with Gasteiger partial charge in [0.1, 0.15) is 24.2 Å². The molecule has 0 amide bonds. The van der Waals surface area contributed by atoms with Gasteiger partial charge in [0.15, 0.2) is 0 Å². The maximum Gasteiger partial charge on any atom is 0.314 e. The molecule has 3 aromatic rings. The van der Waals surface area contributed by atoms with Gasteiger partial charge in [0, 0.05) is 23.2 Å². The second-order valence-corrected chi connectivity index (χ2v) is 8.65. The van der Waals surface area contributed by atoms with Crippen molar-refractivity contribution in [3.63, 3.8) is 0 Å². The number of aromatic nitrogens is 1. The molecule has 5 nitrogen and oxygen atoms in total. The Labute approximate surface area is 182 Å². The zero-order valence-electron chi connectivity index (χ0n) is 17.9. The van der Waals surface area contributed by atoms with Crippen LogP contribution in [0.25, 0.3) is 22.4 Å². The number of fused-ring (bicyclic) bond motifs is 3. The fraction of sp³-hybridized carbons (Fsp3) is 0.385. The lowest BCUT2D eigenvalue weighted by Crippen LogP contribution is -2.17. The van der Waals surface area contributed by atoms with E-state index in [-0.39, 0.29) is 30.5 Å². The zero-order chi connectivity index (χ0) is 21.5. The summed E-state index contributed by atoms with van der Waals surface area (Å²) in [6.07, 6.45) is 5.99. The van der Waals surface area contributed by atoms with Gasteiger partial charge in [-0.2, -0.15) is 0 Å². The SMILES string of the molecule is CCCCC1OC(=O)C2c3ccc(-c4ccc(-c5cc(CO)oc5C)nc4)cc3CC12. The van der Waals surface area contributed by atoms with Crippen molar-refractivity contribution in [2.24, 2.45) is 5.92 Å². The number of benzene rings is 1. The Balaban J connectivity index is 1.39. The van der Waals surface area contributed by atoms with Gasteiger partial charge in [-0.15, -0.1) is 0 Å². The molecule has 0 saturated carbocycles. The molecule has 1 aromatic carbocycles. The topological polar surface area (TPSA) is 72.6 Å². The summed E-state index contributed by atoms with van der Waals surface area (Å²) in [7, 11) is 0. The number of carbonyl (C=O) groups excluding carboxylic acids is 1. The number of rotatable bonds is 6. The monoisotopic (exact) mass is 417 g/mol. The quantitative estimate of drug-likeness (QED) is 0.560. The van der Waals surface area contributed by atoms with E-state index in [4.69, 9.17) is 9.15 Å². The van der Waals surface area contributed by atoms with Crippen molar-refractivity contribution in [1.29, 1.82) is 0 Å². The first-order valence-electron chi connectivity index (χ1n) is 11.1.